The molecule has 112 valence electrons. The van der Waals surface area contributed by atoms with Crippen LogP contribution in [0.15, 0.2) is 53.4 Å². The van der Waals surface area contributed by atoms with Crippen LogP contribution in [0.25, 0.3) is 0 Å². The van der Waals surface area contributed by atoms with Gasteiger partial charge >= 0.3 is 0 Å². The van der Waals surface area contributed by atoms with Gasteiger partial charge < -0.3 is 5.73 Å². The van der Waals surface area contributed by atoms with Gasteiger partial charge in [-0.3, -0.25) is 0 Å². The van der Waals surface area contributed by atoms with Crippen molar-refractivity contribution >= 4 is 9.84 Å². The molecule has 0 fully saturated rings. The predicted octanol–water partition coefficient (Wildman–Crippen LogP) is 3.17. The SMILES string of the molecule is Cc1ccc(S(=O)(=O)C(C)C(N)c2ccccc2)c(C)c1. The van der Waals surface area contributed by atoms with E-state index in [4.69, 9.17) is 5.73 Å². The Morgan fingerprint density at radius 2 is 1.62 bits per heavy atom. The fourth-order valence-corrected chi connectivity index (χ4v) is 4.17. The zero-order valence-electron chi connectivity index (χ0n) is 12.6. The molecular formula is C17H21NO2S. The zero-order chi connectivity index (χ0) is 15.6. The van der Waals surface area contributed by atoms with Crippen molar-refractivity contribution in [3.63, 3.8) is 0 Å². The molecule has 0 saturated carbocycles. The van der Waals surface area contributed by atoms with Gasteiger partial charge in [0.05, 0.1) is 10.1 Å². The summed E-state index contributed by atoms with van der Waals surface area (Å²) in [5, 5.41) is -0.679. The van der Waals surface area contributed by atoms with Crippen molar-refractivity contribution in [1.82, 2.24) is 0 Å². The Hall–Kier alpha value is -1.65. The minimum atomic E-state index is -3.46. The van der Waals surface area contributed by atoms with Crippen LogP contribution in [0.4, 0.5) is 0 Å². The Morgan fingerprint density at radius 1 is 1.00 bits per heavy atom. The smallest absolute Gasteiger partial charge is 0.183 e. The number of hydrogen-bond donors (Lipinski definition) is 1. The summed E-state index contributed by atoms with van der Waals surface area (Å²) in [5.41, 5.74) is 8.81. The molecule has 0 amide bonds. The van der Waals surface area contributed by atoms with Gasteiger partial charge in [-0.15, -0.1) is 0 Å². The van der Waals surface area contributed by atoms with Crippen molar-refractivity contribution in [3.05, 3.63) is 65.2 Å². The molecule has 2 aromatic rings. The third-order valence-corrected chi connectivity index (χ3v) is 6.16. The summed E-state index contributed by atoms with van der Waals surface area (Å²) in [6.45, 7) is 5.44. The third-order valence-electron chi connectivity index (χ3n) is 3.82. The summed E-state index contributed by atoms with van der Waals surface area (Å²) >= 11 is 0. The average molecular weight is 303 g/mol. The summed E-state index contributed by atoms with van der Waals surface area (Å²) in [7, 11) is -3.46. The van der Waals surface area contributed by atoms with E-state index in [1.165, 1.54) is 0 Å². The van der Waals surface area contributed by atoms with Gasteiger partial charge in [0, 0.05) is 6.04 Å². The molecule has 0 radical (unpaired) electrons. The standard InChI is InChI=1S/C17H21NO2S/c1-12-9-10-16(13(2)11-12)21(19,20)14(3)17(18)15-7-5-4-6-8-15/h4-11,14,17H,18H2,1-3H3. The number of hydrogen-bond acceptors (Lipinski definition) is 3. The number of benzene rings is 2. The molecule has 2 atom stereocenters. The molecule has 21 heavy (non-hydrogen) atoms. The van der Waals surface area contributed by atoms with E-state index in [0.717, 1.165) is 16.7 Å². The normalized spacial score (nSPS) is 14.7. The molecule has 0 bridgehead atoms. The highest BCUT2D eigenvalue weighted by atomic mass is 32.2. The minimum absolute atomic E-state index is 0.368. The predicted molar refractivity (Wildman–Crippen MR) is 85.9 cm³/mol. The van der Waals surface area contributed by atoms with E-state index in [9.17, 15) is 8.42 Å². The Bertz CT molecular complexity index is 724. The van der Waals surface area contributed by atoms with Gasteiger partial charge in [0.15, 0.2) is 9.84 Å². The summed E-state index contributed by atoms with van der Waals surface area (Å²) in [4.78, 5) is 0.368. The second-order valence-electron chi connectivity index (χ2n) is 5.46. The Labute approximate surface area is 126 Å². The van der Waals surface area contributed by atoms with E-state index in [-0.39, 0.29) is 0 Å². The van der Waals surface area contributed by atoms with Crippen molar-refractivity contribution in [1.29, 1.82) is 0 Å². The molecular weight excluding hydrogens is 282 g/mol. The minimum Gasteiger partial charge on any atom is -0.323 e. The first-order chi connectivity index (χ1) is 9.84. The van der Waals surface area contributed by atoms with Crippen molar-refractivity contribution in [3.8, 4) is 0 Å². The molecule has 0 aliphatic rings. The third kappa shape index (κ3) is 3.17. The molecule has 2 aromatic carbocycles. The van der Waals surface area contributed by atoms with Crippen LogP contribution in [0.3, 0.4) is 0 Å². The van der Waals surface area contributed by atoms with Gasteiger partial charge in [0.2, 0.25) is 0 Å². The van der Waals surface area contributed by atoms with Crippen molar-refractivity contribution in [2.45, 2.75) is 37.0 Å². The largest absolute Gasteiger partial charge is 0.323 e. The van der Waals surface area contributed by atoms with Gasteiger partial charge in [-0.1, -0.05) is 48.0 Å². The number of rotatable bonds is 4. The van der Waals surface area contributed by atoms with Crippen molar-refractivity contribution in [2.24, 2.45) is 5.73 Å². The first-order valence-corrected chi connectivity index (χ1v) is 8.50. The van der Waals surface area contributed by atoms with Gasteiger partial charge in [-0.2, -0.15) is 0 Å². The van der Waals surface area contributed by atoms with Crippen LogP contribution in [0.5, 0.6) is 0 Å². The second-order valence-corrected chi connectivity index (χ2v) is 7.73. The maximum Gasteiger partial charge on any atom is 0.183 e. The zero-order valence-corrected chi connectivity index (χ0v) is 13.4. The molecule has 2 unspecified atom stereocenters. The molecule has 0 heterocycles. The van der Waals surface area contributed by atoms with Crippen LogP contribution < -0.4 is 5.73 Å². The number of nitrogens with two attached hydrogens (primary N) is 1. The Balaban J connectivity index is 2.39. The van der Waals surface area contributed by atoms with Crippen LogP contribution in [-0.4, -0.2) is 13.7 Å². The first-order valence-electron chi connectivity index (χ1n) is 6.95. The fraction of sp³-hybridized carbons (Fsp3) is 0.294. The molecule has 2 N–H and O–H groups in total. The van der Waals surface area contributed by atoms with E-state index in [0.29, 0.717) is 4.90 Å². The van der Waals surface area contributed by atoms with E-state index in [1.54, 1.807) is 13.0 Å². The van der Waals surface area contributed by atoms with Gasteiger partial charge in [-0.25, -0.2) is 8.42 Å². The topological polar surface area (TPSA) is 60.2 Å². The maximum absolute atomic E-state index is 12.8. The van der Waals surface area contributed by atoms with Crippen molar-refractivity contribution < 1.29 is 8.42 Å². The molecule has 0 saturated heterocycles. The quantitative estimate of drug-likeness (QED) is 0.943. The summed E-state index contributed by atoms with van der Waals surface area (Å²) in [6.07, 6.45) is 0. The first kappa shape index (κ1) is 15.7. The van der Waals surface area contributed by atoms with Gasteiger partial charge in [0.25, 0.3) is 0 Å². The molecule has 0 aromatic heterocycles. The molecule has 0 aliphatic heterocycles. The lowest BCUT2D eigenvalue weighted by Crippen LogP contribution is -2.31. The van der Waals surface area contributed by atoms with E-state index >= 15 is 0 Å². The van der Waals surface area contributed by atoms with Gasteiger partial charge in [0.1, 0.15) is 0 Å². The van der Waals surface area contributed by atoms with Crippen LogP contribution in [-0.2, 0) is 9.84 Å². The molecule has 0 spiro atoms. The fourth-order valence-electron chi connectivity index (χ4n) is 2.46. The van der Waals surface area contributed by atoms with Gasteiger partial charge in [-0.05, 0) is 38.0 Å². The van der Waals surface area contributed by atoms with Crippen LogP contribution in [0.2, 0.25) is 0 Å². The Kier molecular flexibility index (Phi) is 4.49. The summed E-state index contributed by atoms with van der Waals surface area (Å²) < 4.78 is 25.6. The highest BCUT2D eigenvalue weighted by Crippen LogP contribution is 2.27. The van der Waals surface area contributed by atoms with Crippen LogP contribution in [0.1, 0.15) is 29.7 Å². The maximum atomic E-state index is 12.8. The molecule has 4 heteroatoms. The van der Waals surface area contributed by atoms with Crippen LogP contribution >= 0.6 is 0 Å². The van der Waals surface area contributed by atoms with E-state index < -0.39 is 21.1 Å². The molecule has 2 rings (SSSR count). The number of sulfone groups is 1. The second kappa shape index (κ2) is 6.00. The summed E-state index contributed by atoms with van der Waals surface area (Å²) in [5.74, 6) is 0. The molecule has 3 nitrogen and oxygen atoms in total. The lowest BCUT2D eigenvalue weighted by molar-refractivity contribution is 0.564. The monoisotopic (exact) mass is 303 g/mol. The lowest BCUT2D eigenvalue weighted by Gasteiger charge is -2.21. The van der Waals surface area contributed by atoms with Crippen molar-refractivity contribution in [2.75, 3.05) is 0 Å². The Morgan fingerprint density at radius 3 is 2.19 bits per heavy atom. The summed E-state index contributed by atoms with van der Waals surface area (Å²) in [6, 6.07) is 14.2. The average Bonchev–Trinajstić information content (AvgIpc) is 2.46. The highest BCUT2D eigenvalue weighted by molar-refractivity contribution is 7.92. The van der Waals surface area contributed by atoms with Crippen LogP contribution in [0, 0.1) is 13.8 Å². The van der Waals surface area contributed by atoms with E-state index in [2.05, 4.69) is 0 Å². The number of aryl methyl sites for hydroxylation is 2. The van der Waals surface area contributed by atoms with E-state index in [1.807, 2.05) is 56.3 Å². The lowest BCUT2D eigenvalue weighted by atomic mass is 10.1. The molecule has 0 aliphatic carbocycles. The highest BCUT2D eigenvalue weighted by Gasteiger charge is 2.30.